The molecule has 0 unspecified atom stereocenters. The van der Waals surface area contributed by atoms with Crippen LogP contribution in [-0.2, 0) is 14.3 Å². The topological polar surface area (TPSA) is 67.9 Å². The van der Waals surface area contributed by atoms with Crippen LogP contribution >= 0.6 is 0 Å². The molecular weight excluding hydrogens is 356 g/mol. The van der Waals surface area contributed by atoms with Crippen LogP contribution in [-0.4, -0.2) is 48.6 Å². The Morgan fingerprint density at radius 2 is 1.75 bits per heavy atom. The van der Waals surface area contributed by atoms with E-state index in [9.17, 15) is 9.59 Å². The summed E-state index contributed by atoms with van der Waals surface area (Å²) >= 11 is 0. The summed E-state index contributed by atoms with van der Waals surface area (Å²) in [6.45, 7) is 8.16. The van der Waals surface area contributed by atoms with Crippen molar-refractivity contribution < 1.29 is 19.1 Å². The quantitative estimate of drug-likeness (QED) is 0.656. The molecule has 1 fully saturated rings. The fraction of sp³-hybridized carbons (Fsp3) is 0.636. The highest BCUT2D eigenvalue weighted by atomic mass is 16.5. The minimum atomic E-state index is -0.833. The predicted octanol–water partition coefficient (Wildman–Crippen LogP) is 4.00. The van der Waals surface area contributed by atoms with Gasteiger partial charge in [-0.3, -0.25) is 9.59 Å². The van der Waals surface area contributed by atoms with Crippen LogP contribution in [0.15, 0.2) is 24.3 Å². The summed E-state index contributed by atoms with van der Waals surface area (Å²) in [7, 11) is 0. The first-order chi connectivity index (χ1) is 13.5. The smallest absolute Gasteiger partial charge is 0.260 e. The maximum absolute atomic E-state index is 12.7. The number of likely N-dealkylation sites (tertiary alicyclic amines) is 1. The third-order valence-electron chi connectivity index (χ3n) is 5.02. The largest absolute Gasteiger partial charge is 0.484 e. The average molecular weight is 391 g/mol. The van der Waals surface area contributed by atoms with E-state index in [1.54, 1.807) is 24.3 Å². The second-order valence-corrected chi connectivity index (χ2v) is 7.54. The minimum Gasteiger partial charge on any atom is -0.484 e. The van der Waals surface area contributed by atoms with Gasteiger partial charge in [0, 0.05) is 25.4 Å². The number of carbonyl (C=O) groups is 2. The number of anilines is 1. The number of rotatable bonds is 10. The van der Waals surface area contributed by atoms with Crippen molar-refractivity contribution in [2.24, 2.45) is 0 Å². The highest BCUT2D eigenvalue weighted by molar-refractivity contribution is 5.97. The predicted molar refractivity (Wildman–Crippen MR) is 111 cm³/mol. The van der Waals surface area contributed by atoms with Crippen molar-refractivity contribution in [3.63, 3.8) is 0 Å². The first-order valence-corrected chi connectivity index (χ1v) is 10.4. The number of benzene rings is 1. The molecule has 1 aromatic carbocycles. The van der Waals surface area contributed by atoms with Gasteiger partial charge in [-0.25, -0.2) is 0 Å². The van der Waals surface area contributed by atoms with E-state index in [1.165, 1.54) is 6.42 Å². The van der Waals surface area contributed by atoms with E-state index in [2.05, 4.69) is 5.32 Å². The van der Waals surface area contributed by atoms with Gasteiger partial charge in [0.05, 0.1) is 0 Å². The summed E-state index contributed by atoms with van der Waals surface area (Å²) < 4.78 is 11.4. The van der Waals surface area contributed by atoms with Crippen molar-refractivity contribution in [3.05, 3.63) is 24.3 Å². The Morgan fingerprint density at radius 1 is 1.07 bits per heavy atom. The van der Waals surface area contributed by atoms with Crippen LogP contribution in [0.4, 0.5) is 5.69 Å². The molecule has 0 radical (unpaired) electrons. The zero-order valence-corrected chi connectivity index (χ0v) is 17.5. The van der Waals surface area contributed by atoms with Crippen molar-refractivity contribution in [1.82, 2.24) is 4.90 Å². The van der Waals surface area contributed by atoms with Crippen molar-refractivity contribution in [3.8, 4) is 5.75 Å². The summed E-state index contributed by atoms with van der Waals surface area (Å²) in [4.78, 5) is 26.7. The van der Waals surface area contributed by atoms with E-state index in [0.29, 0.717) is 24.5 Å². The van der Waals surface area contributed by atoms with Crippen molar-refractivity contribution in [2.45, 2.75) is 64.9 Å². The molecule has 1 saturated heterocycles. The Morgan fingerprint density at radius 3 is 2.36 bits per heavy atom. The molecule has 2 amide bonds. The van der Waals surface area contributed by atoms with E-state index in [4.69, 9.17) is 9.47 Å². The maximum atomic E-state index is 12.7. The van der Waals surface area contributed by atoms with Crippen molar-refractivity contribution in [1.29, 1.82) is 0 Å². The third-order valence-corrected chi connectivity index (χ3v) is 5.02. The van der Waals surface area contributed by atoms with Crippen LogP contribution in [0.3, 0.4) is 0 Å². The summed E-state index contributed by atoms with van der Waals surface area (Å²) in [5, 5.41) is 2.93. The fourth-order valence-electron chi connectivity index (χ4n) is 3.33. The van der Waals surface area contributed by atoms with Gasteiger partial charge < -0.3 is 19.7 Å². The molecule has 1 aliphatic rings. The Labute approximate surface area is 168 Å². The highest BCUT2D eigenvalue weighted by Gasteiger charge is 2.33. The number of nitrogens with zero attached hydrogens (tertiary/aromatic N) is 1. The number of nitrogens with one attached hydrogen (secondary N) is 1. The summed E-state index contributed by atoms with van der Waals surface area (Å²) in [6, 6.07) is 7.10. The van der Waals surface area contributed by atoms with Gasteiger partial charge in [-0.1, -0.05) is 20.3 Å². The lowest BCUT2D eigenvalue weighted by molar-refractivity contribution is -0.140. The minimum absolute atomic E-state index is 0.0282. The Hall–Kier alpha value is -2.08. The normalized spacial score (nSPS) is 16.3. The zero-order valence-electron chi connectivity index (χ0n) is 17.5. The molecule has 1 N–H and O–H groups in total. The van der Waals surface area contributed by atoms with Crippen LogP contribution < -0.4 is 10.1 Å². The average Bonchev–Trinajstić information content (AvgIpc) is 2.72. The van der Waals surface area contributed by atoms with Crippen LogP contribution in [0.2, 0.25) is 0 Å². The van der Waals surface area contributed by atoms with Crippen LogP contribution in [0.5, 0.6) is 5.75 Å². The van der Waals surface area contributed by atoms with E-state index < -0.39 is 5.60 Å². The lowest BCUT2D eigenvalue weighted by Crippen LogP contribution is -2.43. The SMILES string of the molecule is CCCO[C@@](C)(CCC)C(=O)Nc1ccc(OCC(=O)N2CCCCC2)cc1. The molecule has 28 heavy (non-hydrogen) atoms. The lowest BCUT2D eigenvalue weighted by Gasteiger charge is -2.28. The Bertz CT molecular complexity index is 626. The fourth-order valence-corrected chi connectivity index (χ4v) is 3.33. The Balaban J connectivity index is 1.87. The number of hydrogen-bond acceptors (Lipinski definition) is 4. The molecule has 156 valence electrons. The second kappa shape index (κ2) is 11.1. The number of ether oxygens (including phenoxy) is 2. The van der Waals surface area contributed by atoms with Gasteiger partial charge >= 0.3 is 0 Å². The molecule has 6 nitrogen and oxygen atoms in total. The standard InChI is InChI=1S/C22H34N2O4/c1-4-13-22(3,28-16-5-2)21(26)23-18-9-11-19(12-10-18)27-17-20(25)24-14-7-6-8-15-24/h9-12H,4-8,13-17H2,1-3H3,(H,23,26)/t22-/m0/s1. The van der Waals surface area contributed by atoms with Crippen molar-refractivity contribution >= 4 is 17.5 Å². The first-order valence-electron chi connectivity index (χ1n) is 10.4. The van der Waals surface area contributed by atoms with E-state index >= 15 is 0 Å². The van der Waals surface area contributed by atoms with E-state index in [1.807, 2.05) is 25.7 Å². The molecule has 2 rings (SSSR count). The number of piperidine rings is 1. The molecule has 1 aromatic rings. The van der Waals surface area contributed by atoms with Gasteiger partial charge in [0.15, 0.2) is 6.61 Å². The molecule has 1 heterocycles. The van der Waals surface area contributed by atoms with Crippen LogP contribution in [0.1, 0.15) is 59.3 Å². The molecule has 0 saturated carbocycles. The first kappa shape index (κ1) is 22.2. The number of amides is 2. The molecule has 1 atom stereocenters. The van der Waals surface area contributed by atoms with Gasteiger partial charge in [0.2, 0.25) is 0 Å². The third kappa shape index (κ3) is 6.51. The zero-order chi connectivity index (χ0) is 20.4. The van der Waals surface area contributed by atoms with Gasteiger partial charge in [-0.05, 0) is 63.3 Å². The second-order valence-electron chi connectivity index (χ2n) is 7.54. The molecular formula is C22H34N2O4. The van der Waals surface area contributed by atoms with E-state index in [-0.39, 0.29) is 18.4 Å². The number of hydrogen-bond donors (Lipinski definition) is 1. The van der Waals surface area contributed by atoms with Gasteiger partial charge in [0.1, 0.15) is 11.4 Å². The lowest BCUT2D eigenvalue weighted by atomic mass is 9.99. The van der Waals surface area contributed by atoms with Crippen LogP contribution in [0, 0.1) is 0 Å². The molecule has 0 aromatic heterocycles. The van der Waals surface area contributed by atoms with E-state index in [0.717, 1.165) is 38.8 Å². The Kier molecular flexibility index (Phi) is 8.77. The van der Waals surface area contributed by atoms with Crippen LogP contribution in [0.25, 0.3) is 0 Å². The van der Waals surface area contributed by atoms with Gasteiger partial charge in [-0.2, -0.15) is 0 Å². The van der Waals surface area contributed by atoms with Gasteiger partial charge in [0.25, 0.3) is 11.8 Å². The monoisotopic (exact) mass is 390 g/mol. The summed E-state index contributed by atoms with van der Waals surface area (Å²) in [5.41, 5.74) is -0.150. The highest BCUT2D eigenvalue weighted by Crippen LogP contribution is 2.22. The molecule has 0 bridgehead atoms. The number of carbonyl (C=O) groups excluding carboxylic acids is 2. The summed E-state index contributed by atoms with van der Waals surface area (Å²) in [5.74, 6) is 0.499. The molecule has 0 aliphatic carbocycles. The summed E-state index contributed by atoms with van der Waals surface area (Å²) in [6.07, 6.45) is 5.73. The maximum Gasteiger partial charge on any atom is 0.260 e. The molecule has 0 spiro atoms. The van der Waals surface area contributed by atoms with Gasteiger partial charge in [-0.15, -0.1) is 0 Å². The molecule has 1 aliphatic heterocycles. The van der Waals surface area contributed by atoms with Crippen molar-refractivity contribution in [2.75, 3.05) is 31.6 Å². The molecule has 6 heteroatoms.